The maximum Gasteiger partial charge on any atom is 0.135 e. The molecule has 2 rings (SSSR count). The highest BCUT2D eigenvalue weighted by molar-refractivity contribution is 5.80. The summed E-state index contributed by atoms with van der Waals surface area (Å²) in [6.45, 7) is 5.52. The molecule has 0 fully saturated rings. The minimum absolute atomic E-state index is 0.231. The van der Waals surface area contributed by atoms with Gasteiger partial charge in [0.15, 0.2) is 0 Å². The summed E-state index contributed by atoms with van der Waals surface area (Å²) in [5, 5.41) is 0. The van der Waals surface area contributed by atoms with Crippen LogP contribution in [0.2, 0.25) is 0 Å². The summed E-state index contributed by atoms with van der Waals surface area (Å²) in [5.74, 6) is 0.613. The number of benzene rings is 2. The molecule has 2 aromatic rings. The van der Waals surface area contributed by atoms with Gasteiger partial charge in [0.05, 0.1) is 0 Å². The van der Waals surface area contributed by atoms with E-state index in [1.54, 1.807) is 0 Å². The first-order valence-electron chi connectivity index (χ1n) is 7.81. The molecule has 0 aromatic heterocycles. The van der Waals surface area contributed by atoms with Gasteiger partial charge >= 0.3 is 0 Å². The standard InChI is InChI=1S/C13H11F.C7H14O/c14-10-11-6-8-13(9-7-11)12-4-2-1-3-5-12;1-4-5-7(8)6(2)3/h1-9H,10H2;6H,4-5H2,1-3H3. The molecular formula is C20H25FO. The Kier molecular flexibility index (Phi) is 8.13. The second-order valence-electron chi connectivity index (χ2n) is 5.57. The summed E-state index contributed by atoms with van der Waals surface area (Å²) in [6, 6.07) is 17.6. The Bertz CT molecular complexity index is 544. The first-order valence-corrected chi connectivity index (χ1v) is 7.81. The number of hydrogen-bond acceptors (Lipinski definition) is 1. The Morgan fingerprint density at radius 1 is 0.955 bits per heavy atom. The molecule has 22 heavy (non-hydrogen) atoms. The smallest absolute Gasteiger partial charge is 0.135 e. The largest absolute Gasteiger partial charge is 0.299 e. The quantitative estimate of drug-likeness (QED) is 0.678. The average molecular weight is 300 g/mol. The second-order valence-corrected chi connectivity index (χ2v) is 5.57. The van der Waals surface area contributed by atoms with Crippen LogP contribution in [-0.4, -0.2) is 5.78 Å². The lowest BCUT2D eigenvalue weighted by molar-refractivity contribution is -0.121. The van der Waals surface area contributed by atoms with E-state index in [1.165, 1.54) is 0 Å². The van der Waals surface area contributed by atoms with Crippen LogP contribution < -0.4 is 0 Å². The molecule has 0 aliphatic rings. The highest BCUT2D eigenvalue weighted by Crippen LogP contribution is 2.19. The summed E-state index contributed by atoms with van der Waals surface area (Å²) in [4.78, 5) is 10.7. The Hall–Kier alpha value is -1.96. The minimum Gasteiger partial charge on any atom is -0.299 e. The molecule has 0 bridgehead atoms. The lowest BCUT2D eigenvalue weighted by Gasteiger charge is -2.01. The molecule has 0 saturated heterocycles. The van der Waals surface area contributed by atoms with E-state index in [4.69, 9.17) is 0 Å². The van der Waals surface area contributed by atoms with Crippen molar-refractivity contribution in [2.75, 3.05) is 0 Å². The normalized spacial score (nSPS) is 10.0. The minimum atomic E-state index is -0.394. The summed E-state index contributed by atoms with van der Waals surface area (Å²) >= 11 is 0. The van der Waals surface area contributed by atoms with Crippen LogP contribution in [0.25, 0.3) is 11.1 Å². The number of carbonyl (C=O) groups excluding carboxylic acids is 1. The fourth-order valence-electron chi connectivity index (χ4n) is 1.95. The van der Waals surface area contributed by atoms with E-state index < -0.39 is 6.67 Å². The first kappa shape index (κ1) is 18.1. The van der Waals surface area contributed by atoms with Crippen LogP contribution in [0.3, 0.4) is 0 Å². The van der Waals surface area contributed by atoms with Gasteiger partial charge < -0.3 is 0 Å². The van der Waals surface area contributed by atoms with Gasteiger partial charge in [0.25, 0.3) is 0 Å². The van der Waals surface area contributed by atoms with Gasteiger partial charge in [0.2, 0.25) is 0 Å². The molecule has 0 spiro atoms. The maximum absolute atomic E-state index is 12.3. The molecule has 0 atom stereocenters. The molecule has 0 N–H and O–H groups in total. The zero-order valence-electron chi connectivity index (χ0n) is 13.7. The zero-order chi connectivity index (χ0) is 16.4. The van der Waals surface area contributed by atoms with Gasteiger partial charge in [-0.25, -0.2) is 4.39 Å². The molecule has 0 aliphatic carbocycles. The molecule has 2 aromatic carbocycles. The van der Waals surface area contributed by atoms with Crippen molar-refractivity contribution < 1.29 is 9.18 Å². The third kappa shape index (κ3) is 6.21. The van der Waals surface area contributed by atoms with Crippen LogP contribution in [0.15, 0.2) is 54.6 Å². The summed E-state index contributed by atoms with van der Waals surface area (Å²) in [5.41, 5.74) is 3.02. The predicted octanol–water partition coefficient (Wildman–Crippen LogP) is 5.83. The molecular weight excluding hydrogens is 275 g/mol. The lowest BCUT2D eigenvalue weighted by atomic mass is 10.0. The number of ketones is 1. The van der Waals surface area contributed by atoms with E-state index in [1.807, 2.05) is 75.4 Å². The number of rotatable bonds is 5. The Morgan fingerprint density at radius 3 is 1.91 bits per heavy atom. The van der Waals surface area contributed by atoms with Crippen molar-refractivity contribution in [1.29, 1.82) is 0 Å². The summed E-state index contributed by atoms with van der Waals surface area (Å²) in [7, 11) is 0. The van der Waals surface area contributed by atoms with E-state index in [0.717, 1.165) is 29.5 Å². The van der Waals surface area contributed by atoms with E-state index in [0.29, 0.717) is 5.78 Å². The van der Waals surface area contributed by atoms with Crippen molar-refractivity contribution in [1.82, 2.24) is 0 Å². The van der Waals surface area contributed by atoms with Crippen LogP contribution in [0.1, 0.15) is 39.2 Å². The van der Waals surface area contributed by atoms with Crippen molar-refractivity contribution in [3.05, 3.63) is 60.2 Å². The fraction of sp³-hybridized carbons (Fsp3) is 0.350. The molecule has 0 radical (unpaired) electrons. The molecule has 0 saturated carbocycles. The van der Waals surface area contributed by atoms with Crippen LogP contribution in [0.5, 0.6) is 0 Å². The first-order chi connectivity index (χ1) is 10.6. The van der Waals surface area contributed by atoms with Gasteiger partial charge in [-0.05, 0) is 23.1 Å². The van der Waals surface area contributed by atoms with Gasteiger partial charge in [-0.2, -0.15) is 0 Å². The van der Waals surface area contributed by atoms with E-state index in [-0.39, 0.29) is 5.92 Å². The SMILES string of the molecule is CCCC(=O)C(C)C.FCc1ccc(-c2ccccc2)cc1. The Morgan fingerprint density at radius 2 is 1.50 bits per heavy atom. The van der Waals surface area contributed by atoms with Crippen molar-refractivity contribution in [2.24, 2.45) is 5.92 Å². The maximum atomic E-state index is 12.3. The monoisotopic (exact) mass is 300 g/mol. The number of hydrogen-bond donors (Lipinski definition) is 0. The van der Waals surface area contributed by atoms with Crippen LogP contribution in [0.4, 0.5) is 4.39 Å². The van der Waals surface area contributed by atoms with Crippen molar-refractivity contribution in [3.8, 4) is 11.1 Å². The molecule has 0 unspecified atom stereocenters. The van der Waals surface area contributed by atoms with E-state index in [9.17, 15) is 9.18 Å². The highest BCUT2D eigenvalue weighted by atomic mass is 19.1. The third-order valence-electron chi connectivity index (χ3n) is 3.36. The van der Waals surface area contributed by atoms with Gasteiger partial charge in [-0.3, -0.25) is 4.79 Å². The van der Waals surface area contributed by atoms with E-state index in [2.05, 4.69) is 0 Å². The molecule has 118 valence electrons. The third-order valence-corrected chi connectivity index (χ3v) is 3.36. The molecule has 1 nitrogen and oxygen atoms in total. The number of Topliss-reactive ketones (excluding diaryl/α,β-unsaturated/α-hetero) is 1. The second kappa shape index (κ2) is 9.88. The van der Waals surface area contributed by atoms with Crippen molar-refractivity contribution in [2.45, 2.75) is 40.3 Å². The predicted molar refractivity (Wildman–Crippen MR) is 91.4 cm³/mol. The number of alkyl halides is 1. The highest BCUT2D eigenvalue weighted by Gasteiger charge is 2.03. The summed E-state index contributed by atoms with van der Waals surface area (Å²) < 4.78 is 12.3. The lowest BCUT2D eigenvalue weighted by Crippen LogP contribution is -2.04. The average Bonchev–Trinajstić information content (AvgIpc) is 2.56. The topological polar surface area (TPSA) is 17.1 Å². The van der Waals surface area contributed by atoms with Crippen molar-refractivity contribution >= 4 is 5.78 Å². The number of halogens is 1. The van der Waals surface area contributed by atoms with Crippen LogP contribution >= 0.6 is 0 Å². The van der Waals surface area contributed by atoms with E-state index >= 15 is 0 Å². The molecule has 0 amide bonds. The van der Waals surface area contributed by atoms with Gasteiger partial charge in [-0.15, -0.1) is 0 Å². The van der Waals surface area contributed by atoms with Crippen molar-refractivity contribution in [3.63, 3.8) is 0 Å². The summed E-state index contributed by atoms with van der Waals surface area (Å²) in [6.07, 6.45) is 1.73. The molecule has 2 heteroatoms. The number of carbonyl (C=O) groups is 1. The molecule has 0 heterocycles. The van der Waals surface area contributed by atoms with Gasteiger partial charge in [0, 0.05) is 12.3 Å². The van der Waals surface area contributed by atoms with Crippen LogP contribution in [0, 0.1) is 5.92 Å². The Labute approximate surface area is 133 Å². The van der Waals surface area contributed by atoms with Crippen LogP contribution in [-0.2, 0) is 11.5 Å². The van der Waals surface area contributed by atoms with Gasteiger partial charge in [0.1, 0.15) is 12.5 Å². The fourth-order valence-corrected chi connectivity index (χ4v) is 1.95. The molecule has 0 aliphatic heterocycles. The Balaban J connectivity index is 0.000000261. The zero-order valence-corrected chi connectivity index (χ0v) is 13.7. The van der Waals surface area contributed by atoms with Gasteiger partial charge in [-0.1, -0.05) is 75.4 Å².